The lowest BCUT2D eigenvalue weighted by Gasteiger charge is -2.15. The fourth-order valence-electron chi connectivity index (χ4n) is 1.63. The molecular formula is C11H16BrNO2. The molecule has 0 aliphatic rings. The van der Waals surface area contributed by atoms with Gasteiger partial charge in [0.15, 0.2) is 11.5 Å². The number of methoxy groups -OCH3 is 2. The highest BCUT2D eigenvalue weighted by atomic mass is 79.9. The van der Waals surface area contributed by atoms with E-state index >= 15 is 0 Å². The molecule has 0 fully saturated rings. The number of rotatable bonds is 4. The largest absolute Gasteiger partial charge is 0.493 e. The summed E-state index contributed by atoms with van der Waals surface area (Å²) in [6.45, 7) is 2.63. The Morgan fingerprint density at radius 1 is 1.33 bits per heavy atom. The number of nitrogens with two attached hydrogens (primary N) is 1. The summed E-state index contributed by atoms with van der Waals surface area (Å²) in [5, 5.41) is 0. The zero-order valence-corrected chi connectivity index (χ0v) is 10.8. The molecule has 0 spiro atoms. The Balaban J connectivity index is 3.31. The number of hydrogen-bond donors (Lipinski definition) is 1. The van der Waals surface area contributed by atoms with Crippen molar-refractivity contribution < 1.29 is 9.47 Å². The van der Waals surface area contributed by atoms with Gasteiger partial charge in [0.05, 0.1) is 14.2 Å². The Hall–Kier alpha value is -0.740. The zero-order valence-electron chi connectivity index (χ0n) is 9.26. The fraction of sp³-hybridized carbons (Fsp3) is 0.455. The maximum absolute atomic E-state index is 5.57. The summed E-state index contributed by atoms with van der Waals surface area (Å²) in [6, 6.07) is 1.91. The summed E-state index contributed by atoms with van der Waals surface area (Å²) >= 11 is 3.51. The Kier molecular flexibility index (Phi) is 4.42. The van der Waals surface area contributed by atoms with Gasteiger partial charge in [-0.1, -0.05) is 15.9 Å². The Morgan fingerprint density at radius 2 is 2.00 bits per heavy atom. The molecule has 84 valence electrons. The van der Waals surface area contributed by atoms with Crippen molar-refractivity contribution in [3.05, 3.63) is 21.7 Å². The molecule has 0 bridgehead atoms. The van der Waals surface area contributed by atoms with Crippen LogP contribution >= 0.6 is 15.9 Å². The minimum atomic E-state index is 0.620. The second kappa shape index (κ2) is 5.37. The summed E-state index contributed by atoms with van der Waals surface area (Å²) in [6.07, 6.45) is 0.826. The predicted molar refractivity (Wildman–Crippen MR) is 64.7 cm³/mol. The SMILES string of the molecule is COc1cc(Br)c(CCN)c(C)c1OC. The van der Waals surface area contributed by atoms with Crippen molar-refractivity contribution in [3.63, 3.8) is 0 Å². The zero-order chi connectivity index (χ0) is 11.4. The molecule has 1 aromatic carbocycles. The summed E-state index contributed by atoms with van der Waals surface area (Å²) in [5.41, 5.74) is 7.82. The van der Waals surface area contributed by atoms with Gasteiger partial charge in [-0.3, -0.25) is 0 Å². The van der Waals surface area contributed by atoms with Gasteiger partial charge in [0.25, 0.3) is 0 Å². The van der Waals surface area contributed by atoms with Crippen molar-refractivity contribution in [2.75, 3.05) is 20.8 Å². The van der Waals surface area contributed by atoms with Crippen molar-refractivity contribution in [1.82, 2.24) is 0 Å². The molecule has 3 nitrogen and oxygen atoms in total. The molecule has 4 heteroatoms. The molecule has 0 aliphatic carbocycles. The van der Waals surface area contributed by atoms with E-state index in [0.29, 0.717) is 6.54 Å². The van der Waals surface area contributed by atoms with Crippen molar-refractivity contribution >= 4 is 15.9 Å². The molecule has 0 aliphatic heterocycles. The maximum atomic E-state index is 5.57. The average Bonchev–Trinajstić information content (AvgIpc) is 2.23. The van der Waals surface area contributed by atoms with Crippen LogP contribution in [-0.4, -0.2) is 20.8 Å². The minimum absolute atomic E-state index is 0.620. The van der Waals surface area contributed by atoms with Crippen molar-refractivity contribution in [3.8, 4) is 11.5 Å². The molecule has 0 unspecified atom stereocenters. The molecule has 0 aromatic heterocycles. The third-order valence-electron chi connectivity index (χ3n) is 2.38. The van der Waals surface area contributed by atoms with Crippen LogP contribution in [-0.2, 0) is 6.42 Å². The summed E-state index contributed by atoms with van der Waals surface area (Å²) in [7, 11) is 3.28. The minimum Gasteiger partial charge on any atom is -0.493 e. The van der Waals surface area contributed by atoms with E-state index in [1.165, 1.54) is 5.56 Å². The summed E-state index contributed by atoms with van der Waals surface area (Å²) < 4.78 is 11.6. The van der Waals surface area contributed by atoms with Gasteiger partial charge in [0, 0.05) is 4.47 Å². The van der Waals surface area contributed by atoms with Gasteiger partial charge in [-0.2, -0.15) is 0 Å². The van der Waals surface area contributed by atoms with Crippen molar-refractivity contribution in [2.45, 2.75) is 13.3 Å². The van der Waals surface area contributed by atoms with Crippen LogP contribution < -0.4 is 15.2 Å². The molecule has 1 rings (SSSR count). The smallest absolute Gasteiger partial charge is 0.163 e. The number of hydrogen-bond acceptors (Lipinski definition) is 3. The number of benzene rings is 1. The number of ether oxygens (including phenoxy) is 2. The first-order chi connectivity index (χ1) is 7.15. The predicted octanol–water partition coefficient (Wildman–Crippen LogP) is 2.28. The molecule has 0 atom stereocenters. The highest BCUT2D eigenvalue weighted by molar-refractivity contribution is 9.10. The topological polar surface area (TPSA) is 44.5 Å². The van der Waals surface area contributed by atoms with E-state index < -0.39 is 0 Å². The molecule has 0 saturated carbocycles. The van der Waals surface area contributed by atoms with Crippen LogP contribution in [0.5, 0.6) is 11.5 Å². The van der Waals surface area contributed by atoms with Gasteiger partial charge < -0.3 is 15.2 Å². The fourth-order valence-corrected chi connectivity index (χ4v) is 2.33. The third kappa shape index (κ3) is 2.44. The molecule has 15 heavy (non-hydrogen) atoms. The van der Waals surface area contributed by atoms with Crippen LogP contribution in [0.1, 0.15) is 11.1 Å². The summed E-state index contributed by atoms with van der Waals surface area (Å²) in [5.74, 6) is 1.52. The standard InChI is InChI=1S/C11H16BrNO2/c1-7-8(4-5-13)9(12)6-10(14-2)11(7)15-3/h6H,4-5,13H2,1-3H3. The van der Waals surface area contributed by atoms with Crippen LogP contribution in [0.15, 0.2) is 10.5 Å². The summed E-state index contributed by atoms with van der Waals surface area (Å²) in [4.78, 5) is 0. The van der Waals surface area contributed by atoms with Gasteiger partial charge >= 0.3 is 0 Å². The Morgan fingerprint density at radius 3 is 2.47 bits per heavy atom. The highest BCUT2D eigenvalue weighted by Gasteiger charge is 2.14. The average molecular weight is 274 g/mol. The molecule has 0 amide bonds. The van der Waals surface area contributed by atoms with E-state index in [1.807, 2.05) is 13.0 Å². The maximum Gasteiger partial charge on any atom is 0.163 e. The normalized spacial score (nSPS) is 10.2. The molecule has 0 saturated heterocycles. The molecule has 0 radical (unpaired) electrons. The van der Waals surface area contributed by atoms with Crippen LogP contribution in [0.25, 0.3) is 0 Å². The molecule has 0 heterocycles. The van der Waals surface area contributed by atoms with E-state index in [-0.39, 0.29) is 0 Å². The van der Waals surface area contributed by atoms with Crippen LogP contribution in [0.4, 0.5) is 0 Å². The molecule has 1 aromatic rings. The lowest BCUT2D eigenvalue weighted by Crippen LogP contribution is -2.06. The van der Waals surface area contributed by atoms with E-state index in [9.17, 15) is 0 Å². The van der Waals surface area contributed by atoms with Gasteiger partial charge in [-0.25, -0.2) is 0 Å². The molecular weight excluding hydrogens is 258 g/mol. The first-order valence-electron chi connectivity index (χ1n) is 4.75. The van der Waals surface area contributed by atoms with E-state index in [1.54, 1.807) is 14.2 Å². The van der Waals surface area contributed by atoms with Crippen LogP contribution in [0.3, 0.4) is 0 Å². The third-order valence-corrected chi connectivity index (χ3v) is 3.09. The quantitative estimate of drug-likeness (QED) is 0.916. The van der Waals surface area contributed by atoms with Gasteiger partial charge in [0.1, 0.15) is 0 Å². The van der Waals surface area contributed by atoms with E-state index in [2.05, 4.69) is 15.9 Å². The van der Waals surface area contributed by atoms with Gasteiger partial charge in [0.2, 0.25) is 0 Å². The first kappa shape index (κ1) is 12.3. The van der Waals surface area contributed by atoms with Crippen molar-refractivity contribution in [1.29, 1.82) is 0 Å². The van der Waals surface area contributed by atoms with Gasteiger partial charge in [-0.15, -0.1) is 0 Å². The second-order valence-corrected chi connectivity index (χ2v) is 4.09. The lowest BCUT2D eigenvalue weighted by atomic mass is 10.0. The Bertz CT molecular complexity index is 353. The Labute approximate surface area is 98.7 Å². The van der Waals surface area contributed by atoms with Crippen LogP contribution in [0.2, 0.25) is 0 Å². The highest BCUT2D eigenvalue weighted by Crippen LogP contribution is 2.37. The second-order valence-electron chi connectivity index (χ2n) is 3.24. The van der Waals surface area contributed by atoms with E-state index in [4.69, 9.17) is 15.2 Å². The molecule has 2 N–H and O–H groups in total. The monoisotopic (exact) mass is 273 g/mol. The van der Waals surface area contributed by atoms with Crippen LogP contribution in [0, 0.1) is 6.92 Å². The van der Waals surface area contributed by atoms with E-state index in [0.717, 1.165) is 28.0 Å². The number of halogens is 1. The lowest BCUT2D eigenvalue weighted by molar-refractivity contribution is 0.352. The van der Waals surface area contributed by atoms with Gasteiger partial charge in [-0.05, 0) is 37.1 Å². The first-order valence-corrected chi connectivity index (χ1v) is 5.55. The van der Waals surface area contributed by atoms with Crippen molar-refractivity contribution in [2.24, 2.45) is 5.73 Å².